The number of rotatable bonds is 4. The third-order valence-corrected chi connectivity index (χ3v) is 2.77. The zero-order chi connectivity index (χ0) is 10.6. The molecule has 0 radical (unpaired) electrons. The molecule has 0 aromatic heterocycles. The molecule has 4 nitrogen and oxygen atoms in total. The van der Waals surface area contributed by atoms with Crippen molar-refractivity contribution in [1.82, 2.24) is 0 Å². The van der Waals surface area contributed by atoms with Crippen LogP contribution in [0.3, 0.4) is 0 Å². The number of hydrogen-bond acceptors (Lipinski definition) is 4. The molecule has 86 valence electrons. The Morgan fingerprint density at radius 3 is 2.20 bits per heavy atom. The van der Waals surface area contributed by atoms with Gasteiger partial charge in [-0.1, -0.05) is 0 Å². The fraction of sp³-hybridized carbons (Fsp3) is 0.333. The molecule has 0 fully saturated rings. The summed E-state index contributed by atoms with van der Waals surface area (Å²) >= 11 is 0. The maximum absolute atomic E-state index is 11.1. The van der Waals surface area contributed by atoms with Gasteiger partial charge in [-0.3, -0.25) is 0 Å². The quantitative estimate of drug-likeness (QED) is 0.861. The van der Waals surface area contributed by atoms with Crippen LogP contribution in [0, 0.1) is 0 Å². The Labute approximate surface area is 95.8 Å². The fourth-order valence-electron chi connectivity index (χ4n) is 0.960. The van der Waals surface area contributed by atoms with Crippen LogP contribution in [-0.4, -0.2) is 27.8 Å². The molecular weight excluding hydrogens is 238 g/mol. The summed E-state index contributed by atoms with van der Waals surface area (Å²) in [7, 11) is -3.12. The molecule has 0 aliphatic carbocycles. The largest absolute Gasteiger partial charge is 0.492 e. The highest BCUT2D eigenvalue weighted by Gasteiger charge is 2.05. The predicted octanol–water partition coefficient (Wildman–Crippen LogP) is 0.849. The summed E-state index contributed by atoms with van der Waals surface area (Å²) in [4.78, 5) is 0.289. The van der Waals surface area contributed by atoms with Gasteiger partial charge in [0.05, 0.1) is 4.90 Å². The average Bonchev–Trinajstić information content (AvgIpc) is 2.14. The smallest absolute Gasteiger partial charge is 0.175 e. The van der Waals surface area contributed by atoms with Gasteiger partial charge in [0, 0.05) is 12.8 Å². The molecule has 0 heterocycles. The van der Waals surface area contributed by atoms with Crippen molar-refractivity contribution in [2.24, 2.45) is 5.73 Å². The van der Waals surface area contributed by atoms with Crippen LogP contribution in [-0.2, 0) is 9.84 Å². The number of benzene rings is 1. The molecule has 0 amide bonds. The predicted molar refractivity (Wildman–Crippen MR) is 61.3 cm³/mol. The van der Waals surface area contributed by atoms with Crippen molar-refractivity contribution in [2.75, 3.05) is 19.4 Å². The van der Waals surface area contributed by atoms with E-state index in [9.17, 15) is 8.42 Å². The van der Waals surface area contributed by atoms with Crippen LogP contribution in [0.15, 0.2) is 29.2 Å². The molecular formula is C9H14ClNO3S. The molecule has 1 aromatic carbocycles. The van der Waals surface area contributed by atoms with Crippen molar-refractivity contribution in [2.45, 2.75) is 4.90 Å². The first-order chi connectivity index (χ1) is 6.54. The molecule has 15 heavy (non-hydrogen) atoms. The van der Waals surface area contributed by atoms with Crippen molar-refractivity contribution in [3.8, 4) is 5.75 Å². The van der Waals surface area contributed by atoms with Gasteiger partial charge in [0.15, 0.2) is 9.84 Å². The molecule has 0 bridgehead atoms. The van der Waals surface area contributed by atoms with Crippen LogP contribution in [0.1, 0.15) is 0 Å². The zero-order valence-electron chi connectivity index (χ0n) is 8.34. The normalized spacial score (nSPS) is 10.5. The van der Waals surface area contributed by atoms with E-state index in [0.717, 1.165) is 0 Å². The van der Waals surface area contributed by atoms with E-state index in [1.165, 1.54) is 18.4 Å². The third-order valence-electron chi connectivity index (χ3n) is 1.64. The first-order valence-corrected chi connectivity index (χ1v) is 6.06. The lowest BCUT2D eigenvalue weighted by Gasteiger charge is -2.04. The molecule has 0 atom stereocenters. The number of ether oxygens (including phenoxy) is 1. The summed E-state index contributed by atoms with van der Waals surface area (Å²) in [6.07, 6.45) is 1.17. The Morgan fingerprint density at radius 2 is 1.80 bits per heavy atom. The van der Waals surface area contributed by atoms with Gasteiger partial charge >= 0.3 is 0 Å². The summed E-state index contributed by atoms with van der Waals surface area (Å²) in [5, 5.41) is 0. The molecule has 1 rings (SSSR count). The topological polar surface area (TPSA) is 69.4 Å². The van der Waals surface area contributed by atoms with Gasteiger partial charge < -0.3 is 10.5 Å². The lowest BCUT2D eigenvalue weighted by Crippen LogP contribution is -2.10. The van der Waals surface area contributed by atoms with Gasteiger partial charge in [0.25, 0.3) is 0 Å². The van der Waals surface area contributed by atoms with Crippen LogP contribution in [0.25, 0.3) is 0 Å². The standard InChI is InChI=1S/C9H13NO3S.ClH/c1-14(11,12)9-4-2-8(3-5-9)13-7-6-10;/h2-5H,6-7,10H2,1H3;1H. The minimum Gasteiger partial charge on any atom is -0.492 e. The van der Waals surface area contributed by atoms with Crippen molar-refractivity contribution in [3.63, 3.8) is 0 Å². The highest BCUT2D eigenvalue weighted by Crippen LogP contribution is 2.15. The number of sulfone groups is 1. The maximum Gasteiger partial charge on any atom is 0.175 e. The minimum absolute atomic E-state index is 0. The Hall–Kier alpha value is -0.780. The Kier molecular flexibility index (Phi) is 5.64. The highest BCUT2D eigenvalue weighted by molar-refractivity contribution is 7.90. The lowest BCUT2D eigenvalue weighted by atomic mass is 10.3. The minimum atomic E-state index is -3.12. The van der Waals surface area contributed by atoms with E-state index in [4.69, 9.17) is 10.5 Å². The average molecular weight is 252 g/mol. The monoisotopic (exact) mass is 251 g/mol. The molecule has 0 saturated heterocycles. The highest BCUT2D eigenvalue weighted by atomic mass is 35.5. The van der Waals surface area contributed by atoms with Gasteiger partial charge in [-0.2, -0.15) is 0 Å². The van der Waals surface area contributed by atoms with Crippen molar-refractivity contribution in [1.29, 1.82) is 0 Å². The summed E-state index contributed by atoms with van der Waals surface area (Å²) in [6, 6.07) is 6.26. The van der Waals surface area contributed by atoms with Gasteiger partial charge in [0.2, 0.25) is 0 Å². The van der Waals surface area contributed by atoms with E-state index < -0.39 is 9.84 Å². The van der Waals surface area contributed by atoms with Crippen LogP contribution >= 0.6 is 12.4 Å². The molecule has 0 aliphatic heterocycles. The molecule has 0 saturated carbocycles. The molecule has 6 heteroatoms. The first-order valence-electron chi connectivity index (χ1n) is 4.17. The molecule has 0 unspecified atom stereocenters. The molecule has 2 N–H and O–H groups in total. The second-order valence-corrected chi connectivity index (χ2v) is 4.90. The van der Waals surface area contributed by atoms with Gasteiger partial charge in [-0.15, -0.1) is 12.4 Å². The fourth-order valence-corrected chi connectivity index (χ4v) is 1.59. The maximum atomic E-state index is 11.1. The van der Waals surface area contributed by atoms with E-state index >= 15 is 0 Å². The van der Waals surface area contributed by atoms with Gasteiger partial charge in [-0.05, 0) is 24.3 Å². The van der Waals surface area contributed by atoms with Crippen molar-refractivity contribution < 1.29 is 13.2 Å². The van der Waals surface area contributed by atoms with Crippen molar-refractivity contribution >= 4 is 22.2 Å². The third kappa shape index (κ3) is 4.51. The first kappa shape index (κ1) is 14.2. The molecule has 0 spiro atoms. The molecule has 1 aromatic rings. The Balaban J connectivity index is 0.00000196. The number of hydrogen-bond donors (Lipinski definition) is 1. The number of nitrogens with two attached hydrogens (primary N) is 1. The van der Waals surface area contributed by atoms with Gasteiger partial charge in [0.1, 0.15) is 12.4 Å². The van der Waals surface area contributed by atoms with E-state index in [1.807, 2.05) is 0 Å². The van der Waals surface area contributed by atoms with E-state index in [0.29, 0.717) is 18.9 Å². The summed E-state index contributed by atoms with van der Waals surface area (Å²) in [5.41, 5.74) is 5.25. The van der Waals surface area contributed by atoms with Crippen molar-refractivity contribution in [3.05, 3.63) is 24.3 Å². The van der Waals surface area contributed by atoms with Crippen LogP contribution in [0.2, 0.25) is 0 Å². The lowest BCUT2D eigenvalue weighted by molar-refractivity contribution is 0.328. The molecule has 0 aliphatic rings. The second-order valence-electron chi connectivity index (χ2n) is 2.88. The SMILES string of the molecule is CS(=O)(=O)c1ccc(OCCN)cc1.Cl. The van der Waals surface area contributed by atoms with Crippen LogP contribution in [0.5, 0.6) is 5.75 Å². The zero-order valence-corrected chi connectivity index (χ0v) is 9.98. The van der Waals surface area contributed by atoms with E-state index in [1.54, 1.807) is 12.1 Å². The Morgan fingerprint density at radius 1 is 1.27 bits per heavy atom. The van der Waals surface area contributed by atoms with E-state index in [-0.39, 0.29) is 17.3 Å². The summed E-state index contributed by atoms with van der Waals surface area (Å²) < 4.78 is 27.4. The number of halogens is 1. The summed E-state index contributed by atoms with van der Waals surface area (Å²) in [5.74, 6) is 0.628. The summed E-state index contributed by atoms with van der Waals surface area (Å²) in [6.45, 7) is 0.867. The van der Waals surface area contributed by atoms with Gasteiger partial charge in [-0.25, -0.2) is 8.42 Å². The van der Waals surface area contributed by atoms with Crippen LogP contribution < -0.4 is 10.5 Å². The van der Waals surface area contributed by atoms with Crippen LogP contribution in [0.4, 0.5) is 0 Å². The van der Waals surface area contributed by atoms with E-state index in [2.05, 4.69) is 0 Å². The second kappa shape index (κ2) is 5.95. The Bertz CT molecular complexity index is 388.